The summed E-state index contributed by atoms with van der Waals surface area (Å²) < 4.78 is 79.3. The van der Waals surface area contributed by atoms with Gasteiger partial charge in [-0.2, -0.15) is 0 Å². The van der Waals surface area contributed by atoms with Gasteiger partial charge in [0.05, 0.1) is 32.3 Å². The first-order valence-electron chi connectivity index (χ1n) is 38.1. The molecule has 4 radical (unpaired) electrons. The maximum atomic E-state index is 8.87. The molecule has 1 saturated carbocycles. The average molecular weight is 2060 g/mol. The molecule has 0 bridgehead atoms. The Balaban J connectivity index is 0.000000470. The molecular formula is C83H116Ir4N4Si4-4. The normalized spacial score (nSPS) is 15.0. The van der Waals surface area contributed by atoms with E-state index in [1.54, 1.807) is 30.3 Å². The molecule has 0 N–H and O–H groups in total. The van der Waals surface area contributed by atoms with Crippen LogP contribution in [-0.2, 0) is 105 Å². The monoisotopic (exact) mass is 2060 g/mol. The van der Waals surface area contributed by atoms with E-state index in [2.05, 4.69) is 178 Å². The van der Waals surface area contributed by atoms with Crippen molar-refractivity contribution in [3.63, 3.8) is 0 Å². The van der Waals surface area contributed by atoms with Crippen LogP contribution in [0.2, 0.25) is 78.6 Å². The van der Waals surface area contributed by atoms with E-state index < -0.39 is 69.6 Å². The van der Waals surface area contributed by atoms with Crippen molar-refractivity contribution in [2.75, 3.05) is 0 Å². The van der Waals surface area contributed by atoms with Crippen LogP contribution >= 0.6 is 0 Å². The summed E-state index contributed by atoms with van der Waals surface area (Å²) in [5.41, 5.74) is 14.0. The second-order valence-corrected chi connectivity index (χ2v) is 52.4. The van der Waals surface area contributed by atoms with Crippen molar-refractivity contribution in [1.29, 1.82) is 0 Å². The maximum Gasteiger partial charge on any atom is 0.0799 e. The number of pyridine rings is 4. The summed E-state index contributed by atoms with van der Waals surface area (Å²) in [5, 5.41) is 5.19. The summed E-state index contributed by atoms with van der Waals surface area (Å²) in [4.78, 5) is 18.7. The molecule has 0 atom stereocenters. The molecule has 0 aliphatic heterocycles. The number of nitrogens with zero attached hydrogens (tertiary/aromatic N) is 4. The van der Waals surface area contributed by atoms with Gasteiger partial charge in [0, 0.05) is 119 Å². The summed E-state index contributed by atoms with van der Waals surface area (Å²) in [5.74, 6) is 0.0917. The van der Waals surface area contributed by atoms with Crippen LogP contribution in [0, 0.1) is 55.2 Å². The molecule has 9 rings (SSSR count). The number of benzene rings is 4. The zero-order valence-corrected chi connectivity index (χ0v) is 75.1. The van der Waals surface area contributed by atoms with E-state index in [0.29, 0.717) is 17.0 Å². The van der Waals surface area contributed by atoms with Crippen molar-refractivity contribution in [3.8, 4) is 45.0 Å². The van der Waals surface area contributed by atoms with Gasteiger partial charge in [-0.1, -0.05) is 253 Å². The third-order valence-corrected chi connectivity index (χ3v) is 24.6. The van der Waals surface area contributed by atoms with E-state index >= 15 is 0 Å². The van der Waals surface area contributed by atoms with Crippen LogP contribution in [0.25, 0.3) is 45.0 Å². The molecule has 1 fully saturated rings. The third-order valence-electron chi connectivity index (χ3n) is 16.5. The zero-order chi connectivity index (χ0) is 76.2. The molecule has 1 aliphatic rings. The van der Waals surface area contributed by atoms with Crippen LogP contribution in [0.15, 0.2) is 122 Å². The molecule has 0 saturated heterocycles. The van der Waals surface area contributed by atoms with Crippen LogP contribution in [0.4, 0.5) is 0 Å². The fourth-order valence-electron chi connectivity index (χ4n) is 11.4. The molecule has 1 aliphatic carbocycles. The molecule has 95 heavy (non-hydrogen) atoms. The number of aryl methyl sites for hydroxylation is 2. The fraction of sp³-hybridized carbons (Fsp3) is 0.470. The van der Waals surface area contributed by atoms with Crippen LogP contribution in [-0.4, -0.2) is 52.2 Å². The SMILES string of the molecule is [2H]C(C)(C)c1c[c-]c(-c2cc(C([2H])(C)C)c([Si](C)(C)C)cn2)cc1.[2H]C([2H])([2H])c1c[c-]c(-c2cc(CC(C)C)c([Si](C)(C)C)cn2)cc1.[2H]C([2H])([2H])c1c[c-]c(-c2cc(CC3CCCC3)c([Si](C)(C)C)cn2)cc1.[2H]C([2H])(c1cc(-c2[c-]cc(C(C)(C)C)cc2)ncc1[Si](C)(C)C)C(C)(C)C.[Ir].[Ir].[Ir].[Ir]. The predicted molar refractivity (Wildman–Crippen MR) is 410 cm³/mol. The maximum absolute atomic E-state index is 8.87. The van der Waals surface area contributed by atoms with Gasteiger partial charge in [-0.3, -0.25) is 0 Å². The van der Waals surface area contributed by atoms with Gasteiger partial charge in [-0.15, -0.1) is 142 Å². The first-order chi connectivity index (χ1) is 46.0. The number of hydrogen-bond acceptors (Lipinski definition) is 4. The number of rotatable bonds is 15. The number of aromatic nitrogens is 4. The molecule has 4 heterocycles. The van der Waals surface area contributed by atoms with Crippen LogP contribution in [0.3, 0.4) is 0 Å². The molecule has 8 aromatic rings. The topological polar surface area (TPSA) is 51.6 Å². The Morgan fingerprint density at radius 1 is 0.474 bits per heavy atom. The van der Waals surface area contributed by atoms with Crippen molar-refractivity contribution < 1.29 is 94.1 Å². The second-order valence-electron chi connectivity index (χ2n) is 32.2. The first-order valence-corrected chi connectivity index (χ1v) is 47.1. The van der Waals surface area contributed by atoms with Gasteiger partial charge in [-0.25, -0.2) is 0 Å². The minimum absolute atomic E-state index is 0. The molecule has 0 unspecified atom stereocenters. The average Bonchev–Trinajstić information content (AvgIpc) is 1.27. The molecule has 0 spiro atoms. The molecule has 524 valence electrons. The Morgan fingerprint density at radius 2 is 0.853 bits per heavy atom. The van der Waals surface area contributed by atoms with Crippen molar-refractivity contribution in [2.24, 2.45) is 17.3 Å². The summed E-state index contributed by atoms with van der Waals surface area (Å²) in [6, 6.07) is 43.4. The van der Waals surface area contributed by atoms with Crippen molar-refractivity contribution in [3.05, 3.63) is 191 Å². The summed E-state index contributed by atoms with van der Waals surface area (Å²) in [6.45, 7) is 48.1. The van der Waals surface area contributed by atoms with Gasteiger partial charge >= 0.3 is 0 Å². The van der Waals surface area contributed by atoms with Crippen molar-refractivity contribution in [2.45, 2.75) is 237 Å². The van der Waals surface area contributed by atoms with Gasteiger partial charge in [0.1, 0.15) is 0 Å². The molecule has 4 nitrogen and oxygen atoms in total. The Hall–Kier alpha value is -3.06. The van der Waals surface area contributed by atoms with E-state index in [1.807, 2.05) is 110 Å². The van der Waals surface area contributed by atoms with E-state index in [0.717, 1.165) is 85.7 Å². The smallest absolute Gasteiger partial charge is 0.0799 e. The Labute approximate surface area is 651 Å². The molecule has 0 amide bonds. The van der Waals surface area contributed by atoms with Gasteiger partial charge < -0.3 is 19.9 Å². The minimum Gasteiger partial charge on any atom is -0.305 e. The molecule has 4 aromatic heterocycles. The molecule has 4 aromatic carbocycles. The Kier molecular flexibility index (Phi) is 28.4. The largest absolute Gasteiger partial charge is 0.305 e. The van der Waals surface area contributed by atoms with Gasteiger partial charge in [-0.05, 0) is 91.3 Å². The summed E-state index contributed by atoms with van der Waals surface area (Å²) in [6.07, 6.45) is 14.1. The van der Waals surface area contributed by atoms with Crippen LogP contribution in [0.1, 0.15) is 179 Å². The summed E-state index contributed by atoms with van der Waals surface area (Å²) in [7, 11) is -6.20. The van der Waals surface area contributed by atoms with E-state index in [1.165, 1.54) is 57.9 Å². The first kappa shape index (κ1) is 71.8. The molecular weight excluding hydrogens is 1930 g/mol. The minimum atomic E-state index is -2.09. The van der Waals surface area contributed by atoms with E-state index in [9.17, 15) is 0 Å². The fourth-order valence-corrected chi connectivity index (χ4v) is 17.5. The quantitative estimate of drug-likeness (QED) is 0.0758. The summed E-state index contributed by atoms with van der Waals surface area (Å²) >= 11 is 0. The van der Waals surface area contributed by atoms with Gasteiger partial charge in [0.2, 0.25) is 0 Å². The second kappa shape index (κ2) is 37.6. The number of hydrogen-bond donors (Lipinski definition) is 0. The van der Waals surface area contributed by atoms with Crippen LogP contribution < -0.4 is 20.7 Å². The third kappa shape index (κ3) is 27.1. The Morgan fingerprint density at radius 3 is 1.20 bits per heavy atom. The zero-order valence-electron chi connectivity index (χ0n) is 71.6. The van der Waals surface area contributed by atoms with Crippen molar-refractivity contribution in [1.82, 2.24) is 19.9 Å². The standard InChI is InChI=1S/C23H34NSi.C21H28NSi.C20H28NSi.C19H26NSi.4Ir/c1-22(2,3)15-18-14-20(24-16-21(18)25(7,8)9)17-10-12-19(13-11-17)23(4,5)6;1-16-9-11-18(12-10-16)20-14-19(13-17-7-5-6-8-17)21(15-22-20)23(2,3)4;1-14(2)16-8-10-17(11-9-16)19-12-18(15(3)4)20(13-21-19)22(5,6)7;1-14(2)11-17-12-18(16-9-7-15(3)8-10-16)20-13-19(17)21(4,5)6;;;;/h10,12-14,16H,15H2,1-9H3;9-11,14-15,17H,5-8,13H2,1-4H3;8-10,12-15H,1-7H3;7-9,12-14H,11H2,1-6H3;;;;/q4*-1;;;;/i15D2;1D3;14D,15D;3D3;;;;. The van der Waals surface area contributed by atoms with Crippen molar-refractivity contribution >= 4 is 53.0 Å². The van der Waals surface area contributed by atoms with E-state index in [4.69, 9.17) is 23.7 Å². The van der Waals surface area contributed by atoms with Gasteiger partial charge in [0.25, 0.3) is 0 Å². The molecule has 12 heteroatoms. The van der Waals surface area contributed by atoms with E-state index in [-0.39, 0.29) is 85.8 Å². The van der Waals surface area contributed by atoms with Gasteiger partial charge in [0.15, 0.2) is 0 Å². The Bertz CT molecular complexity index is 4050. The predicted octanol–water partition coefficient (Wildman–Crippen LogP) is 21.0. The van der Waals surface area contributed by atoms with Crippen LogP contribution in [0.5, 0.6) is 0 Å².